The molecule has 0 bridgehead atoms. The molecule has 3 rings (SSSR count). The summed E-state index contributed by atoms with van der Waals surface area (Å²) in [6, 6.07) is -0.396. The average Bonchev–Trinajstić information content (AvgIpc) is 2.96. The van der Waals surface area contributed by atoms with Crippen molar-refractivity contribution in [2.45, 2.75) is 57.1 Å². The fourth-order valence-electron chi connectivity index (χ4n) is 3.50. The SMILES string of the molecule is CCCCC1N=C2C3=C(NC(Br)N(Br)C3)[N+](=O)[N+]2(CCCC)C1=O. The van der Waals surface area contributed by atoms with Crippen LogP contribution in [0.5, 0.6) is 0 Å². The third-order valence-electron chi connectivity index (χ3n) is 4.81. The van der Waals surface area contributed by atoms with E-state index in [2.05, 4.69) is 51.2 Å². The molecule has 0 saturated carbocycles. The molecule has 0 aliphatic carbocycles. The van der Waals surface area contributed by atoms with E-state index in [1.54, 1.807) is 0 Å². The fourth-order valence-corrected chi connectivity index (χ4v) is 4.21. The van der Waals surface area contributed by atoms with Crippen LogP contribution in [0.25, 0.3) is 0 Å². The molecule has 1 amide bonds. The Morgan fingerprint density at radius 3 is 2.75 bits per heavy atom. The van der Waals surface area contributed by atoms with Crippen molar-refractivity contribution in [2.24, 2.45) is 4.99 Å². The van der Waals surface area contributed by atoms with Gasteiger partial charge in [-0.3, -0.25) is 0 Å². The number of rotatable bonds is 6. The number of nitroso groups, excluding NO2 is 1. The van der Waals surface area contributed by atoms with Crippen LogP contribution in [0.1, 0.15) is 46.0 Å². The summed E-state index contributed by atoms with van der Waals surface area (Å²) in [5.74, 6) is 1.02. The Bertz CT molecular complexity index is 635. The number of amides is 1. The standard InChI is InChI=1S/C15H23Br2N5O2/c1-3-5-7-11-14(23)22(8-6-4-2)13(18-11)10-9-20(17)15(16)19-12(10)21(22)24/h11,15,19H,3-9H2,1-2H3/q+2. The fraction of sp³-hybridized carbons (Fsp3) is 0.733. The number of hydrogen-bond donors (Lipinski definition) is 1. The molecule has 0 fully saturated rings. The Labute approximate surface area is 158 Å². The molecule has 3 aliphatic heterocycles. The number of fused-ring (bicyclic) bond motifs is 2. The van der Waals surface area contributed by atoms with Crippen LogP contribution >= 0.6 is 32.1 Å². The smallest absolute Gasteiger partial charge is 0.239 e. The highest BCUT2D eigenvalue weighted by molar-refractivity contribution is 9.11. The molecule has 24 heavy (non-hydrogen) atoms. The minimum Gasteiger partial charge on any atom is -0.239 e. The van der Waals surface area contributed by atoms with Crippen molar-refractivity contribution >= 4 is 43.8 Å². The van der Waals surface area contributed by atoms with Gasteiger partial charge >= 0.3 is 11.7 Å². The van der Waals surface area contributed by atoms with E-state index in [0.717, 1.165) is 36.1 Å². The van der Waals surface area contributed by atoms with E-state index in [9.17, 15) is 9.70 Å². The van der Waals surface area contributed by atoms with Crippen LogP contribution in [-0.4, -0.2) is 49.3 Å². The predicted molar refractivity (Wildman–Crippen MR) is 97.9 cm³/mol. The molecule has 132 valence electrons. The second kappa shape index (κ2) is 6.93. The lowest BCUT2D eigenvalue weighted by atomic mass is 10.1. The number of amidine groups is 1. The molecule has 7 nitrogen and oxygen atoms in total. The Balaban J connectivity index is 2.02. The number of aliphatic imine (C=N–C) groups is 1. The number of carbonyl (C=O) groups excluding carboxylic acids is 1. The van der Waals surface area contributed by atoms with Crippen LogP contribution in [0.4, 0.5) is 0 Å². The minimum absolute atomic E-state index is 0.0784. The Kier molecular flexibility index (Phi) is 5.25. The number of hydrogen-bond acceptors (Lipinski definition) is 5. The van der Waals surface area contributed by atoms with Gasteiger partial charge in [0, 0.05) is 22.6 Å². The summed E-state index contributed by atoms with van der Waals surface area (Å²) in [6.07, 6.45) is 4.41. The first kappa shape index (κ1) is 18.2. The third kappa shape index (κ3) is 2.60. The first-order valence-corrected chi connectivity index (χ1v) is 10.1. The van der Waals surface area contributed by atoms with Gasteiger partial charge in [-0.2, -0.15) is 3.93 Å². The zero-order valence-electron chi connectivity index (χ0n) is 14.0. The molecule has 1 N–H and O–H groups in total. The summed E-state index contributed by atoms with van der Waals surface area (Å²) in [5, 5.41) is 2.92. The van der Waals surface area contributed by atoms with Gasteiger partial charge in [0.1, 0.15) is 6.54 Å². The molecular formula is C15H23Br2N5O2+2. The molecule has 0 radical (unpaired) electrons. The monoisotopic (exact) mass is 463 g/mol. The van der Waals surface area contributed by atoms with E-state index in [-0.39, 0.29) is 15.6 Å². The van der Waals surface area contributed by atoms with E-state index < -0.39 is 6.04 Å². The van der Waals surface area contributed by atoms with Crippen LogP contribution in [-0.2, 0) is 4.79 Å². The van der Waals surface area contributed by atoms with Crippen LogP contribution in [0.2, 0.25) is 0 Å². The molecule has 3 atom stereocenters. The molecular weight excluding hydrogens is 442 g/mol. The second-order valence-corrected chi connectivity index (χ2v) is 8.21. The maximum atomic E-state index is 13.2. The maximum Gasteiger partial charge on any atom is 0.390 e. The zero-order valence-corrected chi connectivity index (χ0v) is 17.1. The minimum atomic E-state index is -0.396. The normalized spacial score (nSPS) is 32.8. The molecule has 3 unspecified atom stereocenters. The number of halogens is 2. The number of carbonyl (C=O) groups is 1. The summed E-state index contributed by atoms with van der Waals surface area (Å²) in [4.78, 5) is 31.9. The first-order chi connectivity index (χ1) is 11.5. The van der Waals surface area contributed by atoms with E-state index >= 15 is 0 Å². The van der Waals surface area contributed by atoms with E-state index in [1.807, 2.05) is 3.93 Å². The summed E-state index contributed by atoms with van der Waals surface area (Å²) >= 11 is 6.94. The molecule has 0 aromatic heterocycles. The van der Waals surface area contributed by atoms with Crippen molar-refractivity contribution in [3.05, 3.63) is 16.3 Å². The number of quaternary nitrogens is 1. The van der Waals surface area contributed by atoms with Gasteiger partial charge in [0.25, 0.3) is 5.84 Å². The van der Waals surface area contributed by atoms with Crippen LogP contribution in [0.3, 0.4) is 0 Å². The van der Waals surface area contributed by atoms with Gasteiger partial charge in [0.15, 0.2) is 16.5 Å². The molecule has 0 aromatic rings. The van der Waals surface area contributed by atoms with Crippen LogP contribution in [0, 0.1) is 4.91 Å². The van der Waals surface area contributed by atoms with Crippen molar-refractivity contribution in [3.8, 4) is 0 Å². The van der Waals surface area contributed by atoms with Crippen LogP contribution < -0.4 is 5.32 Å². The molecule has 3 aliphatic rings. The van der Waals surface area contributed by atoms with Crippen molar-refractivity contribution in [1.82, 2.24) is 9.24 Å². The zero-order chi connectivity index (χ0) is 17.5. The lowest BCUT2D eigenvalue weighted by molar-refractivity contribution is -1.22. The Morgan fingerprint density at radius 1 is 1.38 bits per heavy atom. The maximum absolute atomic E-state index is 13.2. The molecule has 9 heteroatoms. The van der Waals surface area contributed by atoms with Gasteiger partial charge in [0.2, 0.25) is 5.08 Å². The van der Waals surface area contributed by atoms with Gasteiger partial charge in [-0.1, -0.05) is 33.1 Å². The molecule has 0 aromatic carbocycles. The van der Waals surface area contributed by atoms with Gasteiger partial charge < -0.3 is 0 Å². The lowest BCUT2D eigenvalue weighted by Gasteiger charge is -2.21. The van der Waals surface area contributed by atoms with E-state index in [0.29, 0.717) is 31.2 Å². The van der Waals surface area contributed by atoms with Crippen molar-refractivity contribution in [3.63, 3.8) is 0 Å². The van der Waals surface area contributed by atoms with Gasteiger partial charge in [-0.25, -0.2) is 15.1 Å². The van der Waals surface area contributed by atoms with Gasteiger partial charge in [-0.05, 0) is 31.8 Å². The second-order valence-electron chi connectivity index (χ2n) is 6.43. The summed E-state index contributed by atoms with van der Waals surface area (Å²) in [7, 11) is 0. The largest absolute Gasteiger partial charge is 0.390 e. The summed E-state index contributed by atoms with van der Waals surface area (Å²) in [6.45, 7) is 5.16. The summed E-state index contributed by atoms with van der Waals surface area (Å²) in [5.41, 5.74) is 0.820. The van der Waals surface area contributed by atoms with Gasteiger partial charge in [0.05, 0.1) is 6.54 Å². The van der Waals surface area contributed by atoms with Crippen molar-refractivity contribution < 1.29 is 14.3 Å². The number of nitrogens with zero attached hydrogens (tertiary/aromatic N) is 4. The number of unbranched alkanes of at least 4 members (excludes halogenated alkanes) is 2. The Hall–Kier alpha value is -0.640. The highest BCUT2D eigenvalue weighted by Crippen LogP contribution is 2.39. The molecule has 0 spiro atoms. The highest BCUT2D eigenvalue weighted by Gasteiger charge is 2.69. The van der Waals surface area contributed by atoms with E-state index in [4.69, 9.17) is 4.99 Å². The lowest BCUT2D eigenvalue weighted by Crippen LogP contribution is -2.58. The Morgan fingerprint density at radius 2 is 2.08 bits per heavy atom. The highest BCUT2D eigenvalue weighted by atomic mass is 79.9. The summed E-state index contributed by atoms with van der Waals surface area (Å²) < 4.78 is 1.58. The van der Waals surface area contributed by atoms with Crippen LogP contribution in [0.15, 0.2) is 16.4 Å². The topological polar surface area (TPSA) is 64.8 Å². The predicted octanol–water partition coefficient (Wildman–Crippen LogP) is 2.91. The average molecular weight is 465 g/mol. The van der Waals surface area contributed by atoms with Crippen molar-refractivity contribution in [1.29, 1.82) is 0 Å². The molecule has 3 heterocycles. The molecule has 0 saturated heterocycles. The van der Waals surface area contributed by atoms with Gasteiger partial charge in [-0.15, -0.1) is 0 Å². The quantitative estimate of drug-likeness (QED) is 0.216. The number of nitrogens with one attached hydrogen (secondary N) is 1. The van der Waals surface area contributed by atoms with E-state index in [1.165, 1.54) is 0 Å². The first-order valence-electron chi connectivity index (χ1n) is 8.52. The van der Waals surface area contributed by atoms with Crippen molar-refractivity contribution in [2.75, 3.05) is 13.1 Å². The third-order valence-corrected chi connectivity index (χ3v) is 6.75. The number of alkyl halides is 1.